The van der Waals surface area contributed by atoms with Crippen LogP contribution in [0.3, 0.4) is 0 Å². The summed E-state index contributed by atoms with van der Waals surface area (Å²) in [4.78, 5) is 34.1. The molecule has 1 amide bonds. The average Bonchev–Trinajstić information content (AvgIpc) is 3.03. The van der Waals surface area contributed by atoms with Crippen molar-refractivity contribution in [1.82, 2.24) is 10.2 Å². The molecule has 132 valence electrons. The van der Waals surface area contributed by atoms with Gasteiger partial charge >= 0.3 is 5.97 Å². The molecule has 0 spiro atoms. The summed E-state index contributed by atoms with van der Waals surface area (Å²) in [6, 6.07) is 3.00. The first kappa shape index (κ1) is 18.3. The van der Waals surface area contributed by atoms with Gasteiger partial charge in [-0.05, 0) is 13.0 Å². The Balaban J connectivity index is 2.30. The van der Waals surface area contributed by atoms with Crippen LogP contribution in [-0.2, 0) is 4.74 Å². The van der Waals surface area contributed by atoms with E-state index in [4.69, 9.17) is 4.74 Å². The number of nitrogens with zero attached hydrogens (tertiary/aromatic N) is 3. The van der Waals surface area contributed by atoms with E-state index in [1.807, 2.05) is 0 Å². The van der Waals surface area contributed by atoms with Crippen LogP contribution < -0.4 is 5.32 Å². The predicted octanol–water partition coefficient (Wildman–Crippen LogP) is 2.81. The number of ether oxygens (including phenoxy) is 1. The Labute approximate surface area is 142 Å². The second kappa shape index (κ2) is 7.70. The largest absolute Gasteiger partial charge is 0.462 e. The number of carbonyl (C=O) groups excluding carboxylic acids is 2. The van der Waals surface area contributed by atoms with Crippen molar-refractivity contribution in [1.29, 1.82) is 0 Å². The van der Waals surface area contributed by atoms with Crippen LogP contribution in [0, 0.1) is 10.1 Å². The lowest BCUT2D eigenvalue weighted by Gasteiger charge is -2.05. The minimum absolute atomic E-state index is 0.0459. The lowest BCUT2D eigenvalue weighted by Crippen LogP contribution is -2.14. The van der Waals surface area contributed by atoms with Crippen molar-refractivity contribution in [3.63, 3.8) is 0 Å². The molecule has 12 heteroatoms. The van der Waals surface area contributed by atoms with Crippen LogP contribution in [0.5, 0.6) is 0 Å². The van der Waals surface area contributed by atoms with Gasteiger partial charge in [0.25, 0.3) is 18.0 Å². The molecule has 2 aromatic rings. The Bertz CT molecular complexity index is 827. The molecule has 1 aromatic heterocycles. The van der Waals surface area contributed by atoms with E-state index in [1.54, 1.807) is 6.92 Å². The van der Waals surface area contributed by atoms with Gasteiger partial charge in [0.2, 0.25) is 5.13 Å². The number of alkyl halides is 2. The SMILES string of the molecule is CCOC(=O)c1cc(C(=O)Nc2nnc(C(F)F)s2)cc([N+](=O)[O-])c1. The molecule has 0 saturated carbocycles. The Morgan fingerprint density at radius 1 is 1.32 bits per heavy atom. The maximum Gasteiger partial charge on any atom is 0.338 e. The molecule has 1 N–H and O–H groups in total. The van der Waals surface area contributed by atoms with Crippen molar-refractivity contribution >= 4 is 34.0 Å². The molecule has 1 aromatic carbocycles. The van der Waals surface area contributed by atoms with Gasteiger partial charge in [-0.15, -0.1) is 10.2 Å². The lowest BCUT2D eigenvalue weighted by atomic mass is 10.1. The van der Waals surface area contributed by atoms with Crippen LogP contribution in [0.1, 0.15) is 39.1 Å². The molecule has 0 fully saturated rings. The first-order valence-corrected chi connectivity index (χ1v) is 7.53. The van der Waals surface area contributed by atoms with Crippen LogP contribution in [0.4, 0.5) is 19.6 Å². The number of nitrogens with one attached hydrogen (secondary N) is 1. The van der Waals surface area contributed by atoms with Crippen molar-refractivity contribution in [3.05, 3.63) is 44.4 Å². The second-order valence-corrected chi connectivity index (χ2v) is 5.46. The fourth-order valence-electron chi connectivity index (χ4n) is 1.72. The van der Waals surface area contributed by atoms with Crippen LogP contribution in [0.15, 0.2) is 18.2 Å². The number of hydrogen-bond donors (Lipinski definition) is 1. The van der Waals surface area contributed by atoms with Crippen LogP contribution >= 0.6 is 11.3 Å². The van der Waals surface area contributed by atoms with Crippen LogP contribution in [0.25, 0.3) is 0 Å². The van der Waals surface area contributed by atoms with Crippen molar-refractivity contribution in [2.24, 2.45) is 0 Å². The van der Waals surface area contributed by atoms with Gasteiger partial charge in [0.05, 0.1) is 17.1 Å². The summed E-state index contributed by atoms with van der Waals surface area (Å²) < 4.78 is 29.7. The maximum absolute atomic E-state index is 12.5. The number of nitro benzene ring substituents is 1. The fraction of sp³-hybridized carbons (Fsp3) is 0.231. The highest BCUT2D eigenvalue weighted by Crippen LogP contribution is 2.26. The zero-order valence-electron chi connectivity index (χ0n) is 12.6. The standard InChI is InChI=1S/C13H10F2N4O5S/c1-2-24-12(21)7-3-6(4-8(5-7)19(22)23)10(20)16-13-18-17-11(25-13)9(14)15/h3-5,9H,2H2,1H3,(H,16,18,20). The summed E-state index contributed by atoms with van der Waals surface area (Å²) in [7, 11) is 0. The van der Waals surface area contributed by atoms with E-state index in [0.29, 0.717) is 11.3 Å². The molecule has 9 nitrogen and oxygen atoms in total. The molecule has 0 atom stereocenters. The van der Waals surface area contributed by atoms with Crippen molar-refractivity contribution in [2.45, 2.75) is 13.3 Å². The van der Waals surface area contributed by atoms with Crippen molar-refractivity contribution in [3.8, 4) is 0 Å². The highest BCUT2D eigenvalue weighted by atomic mass is 32.1. The Kier molecular flexibility index (Phi) is 5.64. The number of anilines is 1. The zero-order chi connectivity index (χ0) is 18.6. The topological polar surface area (TPSA) is 124 Å². The number of non-ortho nitro benzene ring substituents is 1. The number of carbonyl (C=O) groups is 2. The average molecular weight is 372 g/mol. The summed E-state index contributed by atoms with van der Waals surface area (Å²) in [6.45, 7) is 1.60. The third-order valence-corrected chi connectivity index (χ3v) is 3.60. The predicted molar refractivity (Wildman–Crippen MR) is 81.9 cm³/mol. The van der Waals surface area contributed by atoms with E-state index in [-0.39, 0.29) is 22.9 Å². The van der Waals surface area contributed by atoms with Gasteiger partial charge in [-0.1, -0.05) is 11.3 Å². The van der Waals surface area contributed by atoms with Gasteiger partial charge in [0, 0.05) is 17.7 Å². The van der Waals surface area contributed by atoms with E-state index in [1.165, 1.54) is 0 Å². The highest BCUT2D eigenvalue weighted by Gasteiger charge is 2.20. The summed E-state index contributed by atoms with van der Waals surface area (Å²) in [5.74, 6) is -1.71. The third-order valence-electron chi connectivity index (χ3n) is 2.75. The normalized spacial score (nSPS) is 10.6. The molecule has 0 bridgehead atoms. The third kappa shape index (κ3) is 4.50. The molecule has 2 rings (SSSR count). The van der Waals surface area contributed by atoms with E-state index < -0.39 is 33.9 Å². The molecular formula is C13H10F2N4O5S. The van der Waals surface area contributed by atoms with Gasteiger partial charge in [0.1, 0.15) is 0 Å². The molecule has 25 heavy (non-hydrogen) atoms. The van der Waals surface area contributed by atoms with Gasteiger partial charge in [-0.25, -0.2) is 13.6 Å². The van der Waals surface area contributed by atoms with E-state index in [9.17, 15) is 28.5 Å². The molecule has 0 aliphatic rings. The van der Waals surface area contributed by atoms with Crippen molar-refractivity contribution < 1.29 is 28.0 Å². The van der Waals surface area contributed by atoms with E-state index >= 15 is 0 Å². The smallest absolute Gasteiger partial charge is 0.338 e. The molecular weight excluding hydrogens is 362 g/mol. The summed E-state index contributed by atoms with van der Waals surface area (Å²) in [5, 5.41) is 19.0. The quantitative estimate of drug-likeness (QED) is 0.469. The number of amides is 1. The minimum atomic E-state index is -2.84. The molecule has 1 heterocycles. The van der Waals surface area contributed by atoms with Gasteiger partial charge in [-0.3, -0.25) is 20.2 Å². The fourth-order valence-corrected chi connectivity index (χ4v) is 2.32. The number of halogens is 2. The van der Waals surface area contributed by atoms with Gasteiger partial charge in [0.15, 0.2) is 5.01 Å². The highest BCUT2D eigenvalue weighted by molar-refractivity contribution is 7.15. The minimum Gasteiger partial charge on any atom is -0.462 e. The first-order chi connectivity index (χ1) is 11.8. The molecule has 0 saturated heterocycles. The monoisotopic (exact) mass is 372 g/mol. The van der Waals surface area contributed by atoms with Crippen molar-refractivity contribution in [2.75, 3.05) is 11.9 Å². The number of esters is 1. The number of aromatic nitrogens is 2. The second-order valence-electron chi connectivity index (χ2n) is 4.45. The molecule has 0 radical (unpaired) electrons. The molecule has 0 unspecified atom stereocenters. The van der Waals surface area contributed by atoms with Gasteiger partial charge < -0.3 is 4.74 Å². The Morgan fingerprint density at radius 3 is 2.56 bits per heavy atom. The van der Waals surface area contributed by atoms with E-state index in [0.717, 1.165) is 18.2 Å². The lowest BCUT2D eigenvalue weighted by molar-refractivity contribution is -0.384. The van der Waals surface area contributed by atoms with Crippen LogP contribution in [0.2, 0.25) is 0 Å². The summed E-state index contributed by atoms with van der Waals surface area (Å²) in [5.41, 5.74) is -0.918. The number of rotatable bonds is 6. The summed E-state index contributed by atoms with van der Waals surface area (Å²) in [6.07, 6.45) is -2.84. The number of benzene rings is 1. The first-order valence-electron chi connectivity index (χ1n) is 6.71. The number of nitro groups is 1. The van der Waals surface area contributed by atoms with Gasteiger partial charge in [-0.2, -0.15) is 0 Å². The Morgan fingerprint density at radius 2 is 2.00 bits per heavy atom. The molecule has 0 aliphatic heterocycles. The summed E-state index contributed by atoms with van der Waals surface area (Å²) >= 11 is 0.463. The Hall–Kier alpha value is -3.02. The van der Waals surface area contributed by atoms with E-state index in [2.05, 4.69) is 15.5 Å². The number of hydrogen-bond acceptors (Lipinski definition) is 8. The zero-order valence-corrected chi connectivity index (χ0v) is 13.4. The van der Waals surface area contributed by atoms with Crippen LogP contribution in [-0.4, -0.2) is 33.6 Å². The molecule has 0 aliphatic carbocycles. The maximum atomic E-state index is 12.5.